The van der Waals surface area contributed by atoms with Crippen molar-refractivity contribution in [1.82, 2.24) is 10.6 Å². The molecule has 13 heteroatoms. The summed E-state index contributed by atoms with van der Waals surface area (Å²) in [7, 11) is -4.02. The van der Waals surface area contributed by atoms with Crippen molar-refractivity contribution in [1.29, 1.82) is 0 Å². The number of nitrogens with zero attached hydrogens (tertiary/aromatic N) is 1. The molecule has 2 amide bonds. The van der Waals surface area contributed by atoms with E-state index in [1.807, 2.05) is 37.3 Å². The fourth-order valence-electron chi connectivity index (χ4n) is 3.87. The molecule has 4 rings (SSSR count). The van der Waals surface area contributed by atoms with E-state index in [9.17, 15) is 23.1 Å². The number of hydrogen-bond donors (Lipinski definition) is 5. The highest BCUT2D eigenvalue weighted by molar-refractivity contribution is 9.18. The van der Waals surface area contributed by atoms with Gasteiger partial charge in [-0.25, -0.2) is 0 Å². The zero-order valence-electron chi connectivity index (χ0n) is 22.8. The maximum atomic E-state index is 12.8. The van der Waals surface area contributed by atoms with E-state index in [1.54, 1.807) is 24.3 Å². The maximum Gasteiger partial charge on any atom is 0.294 e. The Morgan fingerprint density at radius 3 is 2.19 bits per heavy atom. The second kappa shape index (κ2) is 15.4. The molecule has 0 aromatic heterocycles. The molecule has 224 valence electrons. The van der Waals surface area contributed by atoms with E-state index in [0.717, 1.165) is 16.7 Å². The first kappa shape index (κ1) is 32.7. The Bertz CT molecular complexity index is 1470. The Kier molecular flexibility index (Phi) is 12.0. The lowest BCUT2D eigenvalue weighted by Gasteiger charge is -2.21. The van der Waals surface area contributed by atoms with Crippen LogP contribution in [-0.2, 0) is 37.4 Å². The summed E-state index contributed by atoms with van der Waals surface area (Å²) in [6, 6.07) is 20.3. The van der Waals surface area contributed by atoms with Crippen LogP contribution in [0.15, 0.2) is 88.9 Å². The van der Waals surface area contributed by atoms with Crippen LogP contribution in [0.5, 0.6) is 5.75 Å². The van der Waals surface area contributed by atoms with Crippen LogP contribution in [0, 0.1) is 6.92 Å². The maximum absolute atomic E-state index is 12.8. The van der Waals surface area contributed by atoms with Crippen LogP contribution in [0.25, 0.3) is 0 Å². The second-order valence-corrected chi connectivity index (χ2v) is 12.0. The summed E-state index contributed by atoms with van der Waals surface area (Å²) in [6.07, 6.45) is 0.920. The Hall–Kier alpha value is -3.78. The van der Waals surface area contributed by atoms with Gasteiger partial charge in [0.1, 0.15) is 16.4 Å². The van der Waals surface area contributed by atoms with E-state index in [1.165, 1.54) is 24.3 Å². The van der Waals surface area contributed by atoms with E-state index in [-0.39, 0.29) is 35.6 Å². The van der Waals surface area contributed by atoms with Gasteiger partial charge in [-0.2, -0.15) is 8.42 Å². The van der Waals surface area contributed by atoms with Crippen LogP contribution in [-0.4, -0.2) is 59.2 Å². The number of halogens is 1. The number of rotatable bonds is 10. The number of aryl methyl sites for hydroxylation is 1. The Labute approximate surface area is 253 Å². The van der Waals surface area contributed by atoms with Gasteiger partial charge in [-0.05, 0) is 64.7 Å². The monoisotopic (exact) mass is 660 g/mol. The molecule has 1 heterocycles. The average molecular weight is 662 g/mol. The van der Waals surface area contributed by atoms with Gasteiger partial charge in [0.25, 0.3) is 10.1 Å². The van der Waals surface area contributed by atoms with Gasteiger partial charge in [0.2, 0.25) is 11.8 Å². The minimum absolute atomic E-state index is 0.0666. The predicted molar refractivity (Wildman–Crippen MR) is 162 cm³/mol. The quantitative estimate of drug-likeness (QED) is 0.206. The first-order valence-electron chi connectivity index (χ1n) is 13.0. The molecule has 1 aliphatic rings. The van der Waals surface area contributed by atoms with Crippen LogP contribution >= 0.6 is 15.9 Å². The third-order valence-corrected chi connectivity index (χ3v) is 7.50. The lowest BCUT2D eigenvalue weighted by Crippen LogP contribution is -2.53. The molecule has 42 heavy (non-hydrogen) atoms. The van der Waals surface area contributed by atoms with Gasteiger partial charge in [-0.1, -0.05) is 65.3 Å². The molecule has 3 aromatic carbocycles. The third-order valence-electron chi connectivity index (χ3n) is 6.16. The van der Waals surface area contributed by atoms with Gasteiger partial charge in [0, 0.05) is 12.8 Å². The van der Waals surface area contributed by atoms with Crippen molar-refractivity contribution in [3.05, 3.63) is 95.6 Å². The average Bonchev–Trinajstić information content (AvgIpc) is 3.38. The summed E-state index contributed by atoms with van der Waals surface area (Å²) in [6.45, 7) is 2.10. The fourth-order valence-corrected chi connectivity index (χ4v) is 4.79. The van der Waals surface area contributed by atoms with E-state index in [0.29, 0.717) is 17.5 Å². The van der Waals surface area contributed by atoms with Gasteiger partial charge in [0.05, 0.1) is 17.5 Å². The lowest BCUT2D eigenvalue weighted by atomic mass is 10.0. The van der Waals surface area contributed by atoms with Crippen molar-refractivity contribution < 1.29 is 32.5 Å². The SMILES string of the molecule is Cc1ccc(S(=O)(=O)O)cc1.N[C@@H](Cc1ccccc1)C(=O)N[C@@H](Cc1ccc(O)cc1)C(=O)NCC1CC(Br)=NO1. The zero-order valence-corrected chi connectivity index (χ0v) is 25.2. The Morgan fingerprint density at radius 1 is 1.00 bits per heavy atom. The molecule has 0 saturated heterocycles. The first-order chi connectivity index (χ1) is 19.9. The van der Waals surface area contributed by atoms with Crippen molar-refractivity contribution >= 4 is 42.5 Å². The highest BCUT2D eigenvalue weighted by Gasteiger charge is 2.26. The predicted octanol–water partition coefficient (Wildman–Crippen LogP) is 2.84. The van der Waals surface area contributed by atoms with Crippen LogP contribution < -0.4 is 16.4 Å². The Morgan fingerprint density at radius 2 is 1.62 bits per heavy atom. The number of phenols is 1. The van der Waals surface area contributed by atoms with Gasteiger partial charge in [0.15, 0.2) is 6.10 Å². The van der Waals surface area contributed by atoms with Gasteiger partial charge < -0.3 is 26.3 Å². The van der Waals surface area contributed by atoms with Crippen LogP contribution in [0.2, 0.25) is 0 Å². The second-order valence-electron chi connectivity index (χ2n) is 9.66. The highest BCUT2D eigenvalue weighted by Crippen LogP contribution is 2.14. The molecule has 6 N–H and O–H groups in total. The molecule has 0 bridgehead atoms. The molecule has 1 unspecified atom stereocenters. The molecule has 11 nitrogen and oxygen atoms in total. The smallest absolute Gasteiger partial charge is 0.294 e. The van der Waals surface area contributed by atoms with E-state index in [2.05, 4.69) is 31.7 Å². The Balaban J connectivity index is 0.000000369. The van der Waals surface area contributed by atoms with Crippen molar-refractivity contribution in [2.45, 2.75) is 49.3 Å². The molecule has 1 aliphatic heterocycles. The molecular weight excluding hydrogens is 628 g/mol. The number of benzene rings is 3. The topological polar surface area (TPSA) is 180 Å². The summed E-state index contributed by atoms with van der Waals surface area (Å²) >= 11 is 3.26. The van der Waals surface area contributed by atoms with Gasteiger partial charge in [-0.3, -0.25) is 14.1 Å². The number of nitrogens with two attached hydrogens (primary N) is 1. The van der Waals surface area contributed by atoms with Crippen LogP contribution in [0.4, 0.5) is 0 Å². The number of nitrogens with one attached hydrogen (secondary N) is 2. The lowest BCUT2D eigenvalue weighted by molar-refractivity contribution is -0.129. The highest BCUT2D eigenvalue weighted by atomic mass is 79.9. The van der Waals surface area contributed by atoms with Crippen molar-refractivity contribution in [3.8, 4) is 5.75 Å². The standard InChI is InChI=1S/C22H25BrN4O4.C7H8O3S/c23-20-12-17(31-27-20)13-25-22(30)19(11-15-6-8-16(28)9-7-15)26-21(29)18(24)10-14-4-2-1-3-5-14;1-6-2-4-7(5-3-6)11(8,9)10/h1-9,17-19,28H,10-13,24H2,(H,25,30)(H,26,29);2-5H,1H3,(H,8,9,10)/t17?,18-,19-;/m0./s1. The zero-order chi connectivity index (χ0) is 30.7. The number of hydrogen-bond acceptors (Lipinski definition) is 8. The summed E-state index contributed by atoms with van der Waals surface area (Å²) in [5.41, 5.74) is 8.77. The number of amides is 2. The summed E-state index contributed by atoms with van der Waals surface area (Å²) in [5.74, 6) is -0.631. The van der Waals surface area contributed by atoms with E-state index < -0.39 is 28.1 Å². The molecule has 0 fully saturated rings. The minimum Gasteiger partial charge on any atom is -0.508 e. The third kappa shape index (κ3) is 10.9. The number of carbonyl (C=O) groups is 2. The first-order valence-corrected chi connectivity index (χ1v) is 15.2. The minimum atomic E-state index is -4.02. The number of phenolic OH excluding ortho intramolecular Hbond substituents is 1. The molecule has 0 radical (unpaired) electrons. The molecule has 3 atom stereocenters. The molecule has 0 spiro atoms. The van der Waals surface area contributed by atoms with Crippen LogP contribution in [0.1, 0.15) is 23.1 Å². The van der Waals surface area contributed by atoms with E-state index >= 15 is 0 Å². The normalized spacial score (nSPS) is 15.7. The molecule has 3 aromatic rings. The number of oxime groups is 1. The molecule has 0 aliphatic carbocycles. The van der Waals surface area contributed by atoms with Crippen LogP contribution in [0.3, 0.4) is 0 Å². The number of carbonyl (C=O) groups excluding carboxylic acids is 2. The molecular formula is C29H33BrN4O7S. The van der Waals surface area contributed by atoms with Crippen molar-refractivity contribution in [2.24, 2.45) is 10.9 Å². The summed E-state index contributed by atoms with van der Waals surface area (Å²) in [5, 5.41) is 18.9. The van der Waals surface area contributed by atoms with Gasteiger partial charge in [-0.15, -0.1) is 0 Å². The van der Waals surface area contributed by atoms with Crippen molar-refractivity contribution in [3.63, 3.8) is 0 Å². The largest absolute Gasteiger partial charge is 0.508 e. The van der Waals surface area contributed by atoms with E-state index in [4.69, 9.17) is 15.1 Å². The summed E-state index contributed by atoms with van der Waals surface area (Å²) < 4.78 is 30.2. The fraction of sp³-hybridized carbons (Fsp3) is 0.276. The van der Waals surface area contributed by atoms with Crippen molar-refractivity contribution in [2.75, 3.05) is 6.54 Å². The molecule has 0 saturated carbocycles. The number of aromatic hydroxyl groups is 1. The summed E-state index contributed by atoms with van der Waals surface area (Å²) in [4.78, 5) is 30.7. The van der Waals surface area contributed by atoms with Gasteiger partial charge >= 0.3 is 0 Å².